The van der Waals surface area contributed by atoms with Crippen molar-refractivity contribution in [3.8, 4) is 11.5 Å². The first-order chi connectivity index (χ1) is 13.7. The zero-order chi connectivity index (χ0) is 19.3. The highest BCUT2D eigenvalue weighted by atomic mass is 16.6. The highest BCUT2D eigenvalue weighted by Crippen LogP contribution is 2.31. The Balaban J connectivity index is 1.20. The van der Waals surface area contributed by atoms with Crippen LogP contribution in [0.4, 0.5) is 0 Å². The van der Waals surface area contributed by atoms with Gasteiger partial charge in [-0.3, -0.25) is 14.6 Å². The van der Waals surface area contributed by atoms with Crippen LogP contribution in [-0.4, -0.2) is 67.7 Å². The predicted molar refractivity (Wildman–Crippen MR) is 109 cm³/mol. The van der Waals surface area contributed by atoms with Gasteiger partial charge in [0.2, 0.25) is 5.91 Å². The molecule has 1 aromatic carbocycles. The molecule has 1 aliphatic carbocycles. The number of amides is 1. The minimum Gasteiger partial charge on any atom is -0.486 e. The van der Waals surface area contributed by atoms with E-state index in [1.165, 1.54) is 18.4 Å². The molecule has 2 aliphatic heterocycles. The maximum Gasteiger partial charge on any atom is 0.234 e. The summed E-state index contributed by atoms with van der Waals surface area (Å²) in [5.74, 6) is 2.64. The van der Waals surface area contributed by atoms with Crippen LogP contribution >= 0.6 is 0 Å². The maximum atomic E-state index is 12.4. The highest BCUT2D eigenvalue weighted by molar-refractivity contribution is 5.78. The van der Waals surface area contributed by atoms with Crippen LogP contribution in [0.5, 0.6) is 11.5 Å². The van der Waals surface area contributed by atoms with Crippen molar-refractivity contribution in [3.05, 3.63) is 23.8 Å². The molecular weight excluding hydrogens is 354 g/mol. The SMILES string of the molecule is CC1CCCC(NC(=O)CN2CCN(Cc3ccc4c(c3)OCCO4)CC2)C1. The lowest BCUT2D eigenvalue weighted by Crippen LogP contribution is -2.50. The molecule has 6 nitrogen and oxygen atoms in total. The van der Waals surface area contributed by atoms with E-state index in [4.69, 9.17) is 9.47 Å². The summed E-state index contributed by atoms with van der Waals surface area (Å²) in [5.41, 5.74) is 1.25. The highest BCUT2D eigenvalue weighted by Gasteiger charge is 2.23. The third-order valence-corrected chi connectivity index (χ3v) is 6.15. The summed E-state index contributed by atoms with van der Waals surface area (Å²) in [6, 6.07) is 6.61. The van der Waals surface area contributed by atoms with E-state index in [0.717, 1.165) is 63.0 Å². The minimum atomic E-state index is 0.194. The van der Waals surface area contributed by atoms with Crippen LogP contribution in [0, 0.1) is 5.92 Å². The standard InChI is InChI=1S/C22H33N3O3/c1-17-3-2-4-19(13-17)23-22(26)16-25-9-7-24(8-10-25)15-18-5-6-20-21(14-18)28-12-11-27-20/h5-6,14,17,19H,2-4,7-13,15-16H2,1H3,(H,23,26). The molecule has 1 amide bonds. The first-order valence-corrected chi connectivity index (χ1v) is 10.8. The van der Waals surface area contributed by atoms with Gasteiger partial charge in [0.1, 0.15) is 13.2 Å². The summed E-state index contributed by atoms with van der Waals surface area (Å²) in [7, 11) is 0. The van der Waals surface area contributed by atoms with Crippen LogP contribution in [0.1, 0.15) is 38.2 Å². The molecule has 1 saturated carbocycles. The molecule has 3 aliphatic rings. The molecule has 0 radical (unpaired) electrons. The lowest BCUT2D eigenvalue weighted by Gasteiger charge is -2.35. The van der Waals surface area contributed by atoms with Crippen molar-refractivity contribution < 1.29 is 14.3 Å². The van der Waals surface area contributed by atoms with Gasteiger partial charge in [0.15, 0.2) is 11.5 Å². The van der Waals surface area contributed by atoms with Crippen LogP contribution in [0.15, 0.2) is 18.2 Å². The summed E-state index contributed by atoms with van der Waals surface area (Å²) < 4.78 is 11.3. The van der Waals surface area contributed by atoms with Gasteiger partial charge in [0, 0.05) is 38.8 Å². The topological polar surface area (TPSA) is 54.0 Å². The van der Waals surface area contributed by atoms with Gasteiger partial charge in [-0.05, 0) is 36.5 Å². The molecule has 0 aromatic heterocycles. The molecular formula is C22H33N3O3. The monoisotopic (exact) mass is 387 g/mol. The zero-order valence-electron chi connectivity index (χ0n) is 17.0. The van der Waals surface area contributed by atoms with Gasteiger partial charge in [0.05, 0.1) is 6.54 Å². The Morgan fingerprint density at radius 3 is 2.61 bits per heavy atom. The van der Waals surface area contributed by atoms with Crippen LogP contribution in [0.25, 0.3) is 0 Å². The molecule has 6 heteroatoms. The molecule has 1 saturated heterocycles. The molecule has 28 heavy (non-hydrogen) atoms. The van der Waals surface area contributed by atoms with Gasteiger partial charge >= 0.3 is 0 Å². The van der Waals surface area contributed by atoms with E-state index in [-0.39, 0.29) is 5.91 Å². The summed E-state index contributed by atoms with van der Waals surface area (Å²) in [6.07, 6.45) is 4.82. The number of nitrogens with one attached hydrogen (secondary N) is 1. The number of fused-ring (bicyclic) bond motifs is 1. The van der Waals surface area contributed by atoms with Gasteiger partial charge in [0.25, 0.3) is 0 Å². The fourth-order valence-corrected chi connectivity index (χ4v) is 4.59. The normalized spacial score (nSPS) is 26.0. The van der Waals surface area contributed by atoms with E-state index in [1.807, 2.05) is 6.07 Å². The first kappa shape index (κ1) is 19.5. The van der Waals surface area contributed by atoms with Gasteiger partial charge in [-0.25, -0.2) is 0 Å². The van der Waals surface area contributed by atoms with Gasteiger partial charge < -0.3 is 14.8 Å². The summed E-state index contributed by atoms with van der Waals surface area (Å²) in [6.45, 7) is 8.85. The average molecular weight is 388 g/mol. The molecule has 2 unspecified atom stereocenters. The molecule has 2 atom stereocenters. The van der Waals surface area contributed by atoms with Crippen LogP contribution in [0.2, 0.25) is 0 Å². The molecule has 2 heterocycles. The van der Waals surface area contributed by atoms with E-state index in [2.05, 4.69) is 34.2 Å². The Morgan fingerprint density at radius 2 is 1.82 bits per heavy atom. The smallest absolute Gasteiger partial charge is 0.234 e. The van der Waals surface area contributed by atoms with Crippen LogP contribution in [-0.2, 0) is 11.3 Å². The average Bonchev–Trinajstić information content (AvgIpc) is 2.69. The summed E-state index contributed by atoms with van der Waals surface area (Å²) in [4.78, 5) is 17.1. The number of carbonyl (C=O) groups excluding carboxylic acids is 1. The molecule has 2 fully saturated rings. The fourth-order valence-electron chi connectivity index (χ4n) is 4.59. The molecule has 0 spiro atoms. The number of carbonyl (C=O) groups is 1. The Hall–Kier alpha value is -1.79. The Labute approximate surface area is 168 Å². The van der Waals surface area contributed by atoms with Gasteiger partial charge in [-0.1, -0.05) is 25.8 Å². The zero-order valence-corrected chi connectivity index (χ0v) is 17.0. The predicted octanol–water partition coefficient (Wildman–Crippen LogP) is 2.27. The van der Waals surface area contributed by atoms with E-state index in [0.29, 0.717) is 25.8 Å². The van der Waals surface area contributed by atoms with Crippen molar-refractivity contribution in [2.75, 3.05) is 45.9 Å². The van der Waals surface area contributed by atoms with Crippen molar-refractivity contribution in [2.24, 2.45) is 5.92 Å². The second kappa shape index (κ2) is 9.14. The van der Waals surface area contributed by atoms with Crippen LogP contribution in [0.3, 0.4) is 0 Å². The number of rotatable bonds is 5. The quantitative estimate of drug-likeness (QED) is 0.840. The second-order valence-electron chi connectivity index (χ2n) is 8.57. The fraction of sp³-hybridized carbons (Fsp3) is 0.682. The third kappa shape index (κ3) is 5.17. The molecule has 0 bridgehead atoms. The van der Waals surface area contributed by atoms with Crippen molar-refractivity contribution >= 4 is 5.91 Å². The third-order valence-electron chi connectivity index (χ3n) is 6.15. The largest absolute Gasteiger partial charge is 0.486 e. The Kier molecular flexibility index (Phi) is 6.37. The summed E-state index contributed by atoms with van der Waals surface area (Å²) in [5, 5.41) is 3.26. The Bertz CT molecular complexity index is 673. The van der Waals surface area contributed by atoms with Gasteiger partial charge in [-0.2, -0.15) is 0 Å². The van der Waals surface area contributed by atoms with Crippen molar-refractivity contribution in [1.29, 1.82) is 0 Å². The number of piperazine rings is 1. The number of ether oxygens (including phenoxy) is 2. The molecule has 4 rings (SSSR count). The van der Waals surface area contributed by atoms with Crippen molar-refractivity contribution in [3.63, 3.8) is 0 Å². The number of nitrogens with zero attached hydrogens (tertiary/aromatic N) is 2. The Morgan fingerprint density at radius 1 is 1.07 bits per heavy atom. The van der Waals surface area contributed by atoms with Crippen LogP contribution < -0.4 is 14.8 Å². The number of hydrogen-bond donors (Lipinski definition) is 1. The van der Waals surface area contributed by atoms with Crippen molar-refractivity contribution in [1.82, 2.24) is 15.1 Å². The number of benzene rings is 1. The first-order valence-electron chi connectivity index (χ1n) is 10.8. The lowest BCUT2D eigenvalue weighted by molar-refractivity contribution is -0.123. The summed E-state index contributed by atoms with van der Waals surface area (Å²) >= 11 is 0. The molecule has 154 valence electrons. The van der Waals surface area contributed by atoms with E-state index in [9.17, 15) is 4.79 Å². The minimum absolute atomic E-state index is 0.194. The van der Waals surface area contributed by atoms with E-state index >= 15 is 0 Å². The van der Waals surface area contributed by atoms with Crippen molar-refractivity contribution in [2.45, 2.75) is 45.2 Å². The van der Waals surface area contributed by atoms with E-state index in [1.54, 1.807) is 0 Å². The molecule has 1 N–H and O–H groups in total. The second-order valence-corrected chi connectivity index (χ2v) is 8.57. The maximum absolute atomic E-state index is 12.4. The van der Waals surface area contributed by atoms with Gasteiger partial charge in [-0.15, -0.1) is 0 Å². The number of hydrogen-bond acceptors (Lipinski definition) is 5. The lowest BCUT2D eigenvalue weighted by atomic mass is 9.87. The van der Waals surface area contributed by atoms with E-state index < -0.39 is 0 Å². The molecule has 1 aromatic rings.